The molecule has 0 spiro atoms. The van der Waals surface area contributed by atoms with Crippen molar-refractivity contribution in [3.63, 3.8) is 0 Å². The van der Waals surface area contributed by atoms with Crippen molar-refractivity contribution < 1.29 is 19.0 Å². The highest BCUT2D eigenvalue weighted by Crippen LogP contribution is 2.42. The largest absolute Gasteiger partial charge is 0.493 e. The van der Waals surface area contributed by atoms with E-state index in [1.54, 1.807) is 19.2 Å². The van der Waals surface area contributed by atoms with Crippen molar-refractivity contribution in [1.29, 1.82) is 0 Å². The molecule has 16 heavy (non-hydrogen) atoms. The molecular weight excluding hydrogens is 276 g/mol. The Hall–Kier alpha value is -1.23. The summed E-state index contributed by atoms with van der Waals surface area (Å²) in [4.78, 5) is 11.6. The van der Waals surface area contributed by atoms with Gasteiger partial charge in [-0.2, -0.15) is 0 Å². The van der Waals surface area contributed by atoms with E-state index in [1.165, 1.54) is 7.11 Å². The lowest BCUT2D eigenvalue weighted by molar-refractivity contribution is 0.0943. The normalized spacial score (nSPS) is 18.7. The van der Waals surface area contributed by atoms with Gasteiger partial charge in [0.05, 0.1) is 19.8 Å². The van der Waals surface area contributed by atoms with Gasteiger partial charge in [-0.1, -0.05) is 15.9 Å². The first-order valence-corrected chi connectivity index (χ1v) is 5.66. The molecule has 1 aromatic carbocycles. The zero-order valence-corrected chi connectivity index (χ0v) is 10.5. The van der Waals surface area contributed by atoms with E-state index < -0.39 is 0 Å². The smallest absolute Gasteiger partial charge is 0.204 e. The number of hydrogen-bond acceptors (Lipinski definition) is 4. The van der Waals surface area contributed by atoms with E-state index in [0.29, 0.717) is 29.4 Å². The SMILES string of the molecule is COc1ccc2c(c1OC)OCC(Br)C2=O. The minimum atomic E-state index is -0.293. The van der Waals surface area contributed by atoms with Gasteiger partial charge < -0.3 is 14.2 Å². The van der Waals surface area contributed by atoms with Crippen LogP contribution >= 0.6 is 15.9 Å². The van der Waals surface area contributed by atoms with Crippen LogP contribution in [0.25, 0.3) is 0 Å². The summed E-state index contributed by atoms with van der Waals surface area (Å²) in [6.45, 7) is 0.301. The van der Waals surface area contributed by atoms with Crippen molar-refractivity contribution in [2.24, 2.45) is 0 Å². The summed E-state index contributed by atoms with van der Waals surface area (Å²) in [5.41, 5.74) is 0.519. The van der Waals surface area contributed by atoms with Crippen LogP contribution in [0, 0.1) is 0 Å². The zero-order valence-electron chi connectivity index (χ0n) is 8.95. The Morgan fingerprint density at radius 2 is 2.12 bits per heavy atom. The molecule has 1 atom stereocenters. The summed E-state index contributed by atoms with van der Waals surface area (Å²) >= 11 is 3.26. The average Bonchev–Trinajstić information content (AvgIpc) is 2.32. The van der Waals surface area contributed by atoms with E-state index in [-0.39, 0.29) is 10.6 Å². The second-order valence-corrected chi connectivity index (χ2v) is 4.43. The molecule has 0 radical (unpaired) electrons. The molecule has 0 N–H and O–H groups in total. The number of methoxy groups -OCH3 is 2. The van der Waals surface area contributed by atoms with E-state index in [0.717, 1.165) is 0 Å². The van der Waals surface area contributed by atoms with Gasteiger partial charge in [0.25, 0.3) is 0 Å². The van der Waals surface area contributed by atoms with Gasteiger partial charge in [0.15, 0.2) is 17.3 Å². The number of Topliss-reactive ketones (excluding diaryl/α,β-unsaturated/α-hetero) is 1. The molecule has 0 fully saturated rings. The van der Waals surface area contributed by atoms with Gasteiger partial charge >= 0.3 is 0 Å². The minimum absolute atomic E-state index is 0.00204. The number of carbonyl (C=O) groups excluding carboxylic acids is 1. The van der Waals surface area contributed by atoms with Gasteiger partial charge in [0, 0.05) is 0 Å². The fourth-order valence-electron chi connectivity index (χ4n) is 1.64. The zero-order chi connectivity index (χ0) is 11.7. The molecule has 0 bridgehead atoms. The Morgan fingerprint density at radius 1 is 1.38 bits per heavy atom. The van der Waals surface area contributed by atoms with Gasteiger partial charge in [-0.15, -0.1) is 0 Å². The predicted molar refractivity (Wildman–Crippen MR) is 62.1 cm³/mol. The molecule has 2 rings (SSSR count). The topological polar surface area (TPSA) is 44.8 Å². The van der Waals surface area contributed by atoms with E-state index in [9.17, 15) is 4.79 Å². The molecule has 1 aliphatic heterocycles. The van der Waals surface area contributed by atoms with Crippen LogP contribution in [0.2, 0.25) is 0 Å². The summed E-state index contributed by atoms with van der Waals surface area (Å²) in [5, 5.41) is 0. The molecular formula is C11H11BrO4. The molecule has 1 aromatic rings. The molecule has 0 aromatic heterocycles. The lowest BCUT2D eigenvalue weighted by atomic mass is 10.0. The summed E-state index contributed by atoms with van der Waals surface area (Å²) in [5.74, 6) is 1.49. The standard InChI is InChI=1S/C11H11BrO4/c1-14-8-4-3-6-9(13)7(12)5-16-10(6)11(8)15-2/h3-4,7H,5H2,1-2H3. The number of rotatable bonds is 2. The van der Waals surface area contributed by atoms with Crippen molar-refractivity contribution in [2.75, 3.05) is 20.8 Å². The quantitative estimate of drug-likeness (QED) is 0.781. The summed E-state index contributed by atoms with van der Waals surface area (Å²) in [6.07, 6.45) is 0. The first-order chi connectivity index (χ1) is 7.69. The predicted octanol–water partition coefficient (Wildman–Crippen LogP) is 2.04. The number of ketones is 1. The highest BCUT2D eigenvalue weighted by atomic mass is 79.9. The van der Waals surface area contributed by atoms with Gasteiger partial charge in [0.1, 0.15) is 11.4 Å². The molecule has 0 amide bonds. The molecule has 0 aliphatic carbocycles. The highest BCUT2D eigenvalue weighted by Gasteiger charge is 2.30. The maximum atomic E-state index is 11.9. The van der Waals surface area contributed by atoms with E-state index in [2.05, 4.69) is 15.9 Å². The van der Waals surface area contributed by atoms with Gasteiger partial charge in [-0.3, -0.25) is 4.79 Å². The summed E-state index contributed by atoms with van der Waals surface area (Å²) in [6, 6.07) is 3.39. The van der Waals surface area contributed by atoms with Gasteiger partial charge in [0.2, 0.25) is 5.75 Å². The van der Waals surface area contributed by atoms with Crippen molar-refractivity contribution in [2.45, 2.75) is 4.83 Å². The Balaban J connectivity index is 2.57. The van der Waals surface area contributed by atoms with Crippen molar-refractivity contribution >= 4 is 21.7 Å². The number of halogens is 1. The molecule has 4 nitrogen and oxygen atoms in total. The maximum absolute atomic E-state index is 11.9. The average molecular weight is 287 g/mol. The number of alkyl halides is 1. The van der Waals surface area contributed by atoms with E-state index >= 15 is 0 Å². The van der Waals surface area contributed by atoms with Crippen LogP contribution in [0.5, 0.6) is 17.2 Å². The van der Waals surface area contributed by atoms with Crippen LogP contribution in [-0.2, 0) is 0 Å². The number of carbonyl (C=O) groups is 1. The highest BCUT2D eigenvalue weighted by molar-refractivity contribution is 9.10. The van der Waals surface area contributed by atoms with Gasteiger partial charge in [-0.05, 0) is 12.1 Å². The molecule has 1 unspecified atom stereocenters. The lowest BCUT2D eigenvalue weighted by Crippen LogP contribution is -2.28. The molecule has 1 aliphatic rings. The van der Waals surface area contributed by atoms with Crippen LogP contribution in [0.15, 0.2) is 12.1 Å². The Bertz CT molecular complexity index is 430. The Morgan fingerprint density at radius 3 is 2.75 bits per heavy atom. The van der Waals surface area contributed by atoms with Crippen LogP contribution in [0.4, 0.5) is 0 Å². The van der Waals surface area contributed by atoms with Crippen LogP contribution in [-0.4, -0.2) is 31.4 Å². The number of benzene rings is 1. The maximum Gasteiger partial charge on any atom is 0.204 e. The number of fused-ring (bicyclic) bond motifs is 1. The van der Waals surface area contributed by atoms with Crippen LogP contribution in [0.3, 0.4) is 0 Å². The van der Waals surface area contributed by atoms with Crippen molar-refractivity contribution in [3.05, 3.63) is 17.7 Å². The Labute approximate surface area is 102 Å². The fraction of sp³-hybridized carbons (Fsp3) is 0.364. The first kappa shape index (κ1) is 11.3. The van der Waals surface area contributed by atoms with Gasteiger partial charge in [-0.25, -0.2) is 0 Å². The van der Waals surface area contributed by atoms with E-state index in [1.807, 2.05) is 0 Å². The molecule has 1 heterocycles. The van der Waals surface area contributed by atoms with Crippen LogP contribution in [0.1, 0.15) is 10.4 Å². The third-order valence-corrected chi connectivity index (χ3v) is 3.10. The summed E-state index contributed by atoms with van der Waals surface area (Å²) in [7, 11) is 3.06. The second kappa shape index (κ2) is 4.33. The fourth-order valence-corrected chi connectivity index (χ4v) is 2.02. The minimum Gasteiger partial charge on any atom is -0.493 e. The third-order valence-electron chi connectivity index (χ3n) is 2.42. The number of hydrogen-bond donors (Lipinski definition) is 0. The first-order valence-electron chi connectivity index (χ1n) is 4.75. The molecule has 0 saturated heterocycles. The van der Waals surface area contributed by atoms with Crippen LogP contribution < -0.4 is 14.2 Å². The van der Waals surface area contributed by atoms with Crippen molar-refractivity contribution in [1.82, 2.24) is 0 Å². The van der Waals surface area contributed by atoms with E-state index in [4.69, 9.17) is 14.2 Å². The lowest BCUT2D eigenvalue weighted by Gasteiger charge is -2.23. The third kappa shape index (κ3) is 1.65. The summed E-state index contributed by atoms with van der Waals surface area (Å²) < 4.78 is 15.8. The molecule has 5 heteroatoms. The number of ether oxygens (including phenoxy) is 3. The Kier molecular flexibility index (Phi) is 3.05. The molecule has 0 saturated carbocycles. The second-order valence-electron chi connectivity index (χ2n) is 3.32. The van der Waals surface area contributed by atoms with Crippen molar-refractivity contribution in [3.8, 4) is 17.2 Å². The molecule has 86 valence electrons. The monoisotopic (exact) mass is 286 g/mol.